The first-order valence-corrected chi connectivity index (χ1v) is 11.6. The minimum atomic E-state index is -4.51. The summed E-state index contributed by atoms with van der Waals surface area (Å²) >= 11 is 0. The number of nitrogens with one attached hydrogen (secondary N) is 2. The van der Waals surface area contributed by atoms with Gasteiger partial charge in [0.2, 0.25) is 0 Å². The van der Waals surface area contributed by atoms with Crippen molar-refractivity contribution in [2.75, 3.05) is 29.9 Å². The van der Waals surface area contributed by atoms with Crippen molar-refractivity contribution in [1.29, 1.82) is 0 Å². The molecular formula is C27H32F3N3O2. The molecule has 0 radical (unpaired) electrons. The molecule has 1 fully saturated rings. The van der Waals surface area contributed by atoms with E-state index in [0.29, 0.717) is 25.1 Å². The summed E-state index contributed by atoms with van der Waals surface area (Å²) in [6.07, 6.45) is 1.68. The molecule has 1 aliphatic heterocycles. The van der Waals surface area contributed by atoms with Crippen LogP contribution in [0.4, 0.5) is 24.5 Å². The van der Waals surface area contributed by atoms with Crippen LogP contribution in [0, 0.1) is 0 Å². The maximum atomic E-state index is 13.0. The third-order valence-electron chi connectivity index (χ3n) is 6.18. The van der Waals surface area contributed by atoms with Crippen LogP contribution in [0.15, 0.2) is 73.8 Å². The molecule has 1 heterocycles. The first-order valence-electron chi connectivity index (χ1n) is 11.6. The monoisotopic (exact) mass is 487 g/mol. The van der Waals surface area contributed by atoms with E-state index in [2.05, 4.69) is 28.7 Å². The zero-order valence-corrected chi connectivity index (χ0v) is 19.7. The van der Waals surface area contributed by atoms with E-state index < -0.39 is 23.2 Å². The van der Waals surface area contributed by atoms with Gasteiger partial charge in [0.1, 0.15) is 0 Å². The predicted octanol–water partition coefficient (Wildman–Crippen LogP) is 5.40. The topological polar surface area (TPSA) is 64.6 Å². The van der Waals surface area contributed by atoms with Crippen molar-refractivity contribution in [3.8, 4) is 0 Å². The molecule has 0 aromatic heterocycles. The van der Waals surface area contributed by atoms with Crippen LogP contribution in [-0.2, 0) is 6.18 Å². The summed E-state index contributed by atoms with van der Waals surface area (Å²) in [7, 11) is 0. The summed E-state index contributed by atoms with van der Waals surface area (Å²) in [4.78, 5) is 14.7. The van der Waals surface area contributed by atoms with Gasteiger partial charge < -0.3 is 20.6 Å². The van der Waals surface area contributed by atoms with Crippen LogP contribution in [0.1, 0.15) is 41.6 Å². The Hall–Kier alpha value is -3.10. The van der Waals surface area contributed by atoms with Gasteiger partial charge in [-0.2, -0.15) is 13.2 Å². The number of amides is 1. The molecule has 1 amide bonds. The van der Waals surface area contributed by atoms with Crippen molar-refractivity contribution in [3.05, 3.63) is 85.0 Å². The van der Waals surface area contributed by atoms with Crippen molar-refractivity contribution >= 4 is 17.3 Å². The molecule has 0 bridgehead atoms. The fraction of sp³-hybridized carbons (Fsp3) is 0.370. The Labute approximate surface area is 204 Å². The van der Waals surface area contributed by atoms with E-state index in [1.807, 2.05) is 18.2 Å². The summed E-state index contributed by atoms with van der Waals surface area (Å²) in [6, 6.07) is 11.9. The lowest BCUT2D eigenvalue weighted by molar-refractivity contribution is -0.137. The van der Waals surface area contributed by atoms with Gasteiger partial charge in [-0.25, -0.2) is 0 Å². The minimum Gasteiger partial charge on any atom is -0.388 e. The van der Waals surface area contributed by atoms with Crippen LogP contribution in [-0.4, -0.2) is 42.3 Å². The number of halogens is 3. The third-order valence-corrected chi connectivity index (χ3v) is 6.18. The SMILES string of the molecule is C=CCC(O)(CC=C)CNC1CCN(c2cccc(NC(=O)c3cccc(C(F)(F)F)c3)c2)CC1. The molecule has 0 aliphatic carbocycles. The van der Waals surface area contributed by atoms with Gasteiger partial charge in [0.15, 0.2) is 0 Å². The second kappa shape index (κ2) is 11.6. The van der Waals surface area contributed by atoms with Gasteiger partial charge >= 0.3 is 6.18 Å². The third kappa shape index (κ3) is 7.44. The molecule has 3 rings (SSSR count). The molecule has 2 aromatic rings. The number of nitrogens with zero attached hydrogens (tertiary/aromatic N) is 1. The van der Waals surface area contributed by atoms with Crippen molar-refractivity contribution in [3.63, 3.8) is 0 Å². The predicted molar refractivity (Wildman–Crippen MR) is 134 cm³/mol. The Morgan fingerprint density at radius 1 is 1.06 bits per heavy atom. The Kier molecular flexibility index (Phi) is 8.75. The number of piperidine rings is 1. The van der Waals surface area contributed by atoms with Gasteiger partial charge in [-0.05, 0) is 62.1 Å². The van der Waals surface area contributed by atoms with E-state index in [9.17, 15) is 23.1 Å². The van der Waals surface area contributed by atoms with E-state index in [1.165, 1.54) is 12.1 Å². The highest BCUT2D eigenvalue weighted by molar-refractivity contribution is 6.04. The highest BCUT2D eigenvalue weighted by atomic mass is 19.4. The average Bonchev–Trinajstić information content (AvgIpc) is 2.83. The number of alkyl halides is 3. The lowest BCUT2D eigenvalue weighted by atomic mass is 9.94. The number of aliphatic hydroxyl groups is 1. The number of hydrogen-bond donors (Lipinski definition) is 3. The fourth-order valence-corrected chi connectivity index (χ4v) is 4.26. The number of carbonyl (C=O) groups excluding carboxylic acids is 1. The largest absolute Gasteiger partial charge is 0.416 e. The second-order valence-electron chi connectivity index (χ2n) is 8.94. The standard InChI is InChI=1S/C27H32F3N3O2/c1-3-13-26(35,14-4-2)19-31-22-11-15-33(16-12-22)24-10-6-9-23(18-24)32-25(34)20-7-5-8-21(17-20)27(28,29)30/h3-10,17-18,22,31,35H,1-2,11-16,19H2,(H,32,34). The minimum absolute atomic E-state index is 0.0509. The molecule has 188 valence electrons. The summed E-state index contributed by atoms with van der Waals surface area (Å²) in [6.45, 7) is 9.50. The maximum absolute atomic E-state index is 13.0. The van der Waals surface area contributed by atoms with Crippen LogP contribution in [0.3, 0.4) is 0 Å². The van der Waals surface area contributed by atoms with Gasteiger partial charge in [-0.3, -0.25) is 4.79 Å². The highest BCUT2D eigenvalue weighted by Crippen LogP contribution is 2.30. The summed E-state index contributed by atoms with van der Waals surface area (Å²) in [5.41, 5.74) is -0.343. The molecule has 0 unspecified atom stereocenters. The van der Waals surface area contributed by atoms with Crippen molar-refractivity contribution in [2.45, 2.75) is 43.5 Å². The molecule has 3 N–H and O–H groups in total. The van der Waals surface area contributed by atoms with Crippen LogP contribution >= 0.6 is 0 Å². The highest BCUT2D eigenvalue weighted by Gasteiger charge is 2.31. The van der Waals surface area contributed by atoms with Crippen LogP contribution < -0.4 is 15.5 Å². The molecule has 8 heteroatoms. The van der Waals surface area contributed by atoms with Crippen molar-refractivity contribution in [1.82, 2.24) is 5.32 Å². The van der Waals surface area contributed by atoms with Gasteiger partial charge in [0, 0.05) is 42.6 Å². The van der Waals surface area contributed by atoms with E-state index in [0.717, 1.165) is 43.8 Å². The van der Waals surface area contributed by atoms with Crippen LogP contribution in [0.25, 0.3) is 0 Å². The smallest absolute Gasteiger partial charge is 0.388 e. The van der Waals surface area contributed by atoms with E-state index in [-0.39, 0.29) is 11.6 Å². The molecule has 0 atom stereocenters. The molecule has 0 saturated carbocycles. The number of anilines is 2. The number of rotatable bonds is 10. The number of benzene rings is 2. The zero-order chi connectivity index (χ0) is 25.5. The Balaban J connectivity index is 1.57. The van der Waals surface area contributed by atoms with E-state index in [1.54, 1.807) is 18.2 Å². The molecule has 35 heavy (non-hydrogen) atoms. The van der Waals surface area contributed by atoms with E-state index in [4.69, 9.17) is 0 Å². The second-order valence-corrected chi connectivity index (χ2v) is 8.94. The quantitative estimate of drug-likeness (QED) is 0.393. The Bertz CT molecular complexity index is 1020. The molecule has 1 aliphatic rings. The van der Waals surface area contributed by atoms with Crippen LogP contribution in [0.2, 0.25) is 0 Å². The maximum Gasteiger partial charge on any atom is 0.416 e. The van der Waals surface area contributed by atoms with Crippen LogP contribution in [0.5, 0.6) is 0 Å². The van der Waals surface area contributed by atoms with Gasteiger partial charge in [0.05, 0.1) is 11.2 Å². The normalized spacial score (nSPS) is 15.0. The Morgan fingerprint density at radius 3 is 2.34 bits per heavy atom. The van der Waals surface area contributed by atoms with Gasteiger partial charge in [-0.1, -0.05) is 24.3 Å². The molecule has 1 saturated heterocycles. The first kappa shape index (κ1) is 26.5. The van der Waals surface area contributed by atoms with Crippen molar-refractivity contribution in [2.24, 2.45) is 0 Å². The van der Waals surface area contributed by atoms with E-state index >= 15 is 0 Å². The molecule has 2 aromatic carbocycles. The lowest BCUT2D eigenvalue weighted by Gasteiger charge is -2.36. The number of carbonyl (C=O) groups is 1. The van der Waals surface area contributed by atoms with Gasteiger partial charge in [0.25, 0.3) is 5.91 Å². The number of hydrogen-bond acceptors (Lipinski definition) is 4. The summed E-state index contributed by atoms with van der Waals surface area (Å²) in [5, 5.41) is 16.9. The summed E-state index contributed by atoms with van der Waals surface area (Å²) in [5.74, 6) is -0.595. The molecule has 0 spiro atoms. The average molecular weight is 488 g/mol. The Morgan fingerprint density at radius 2 is 1.71 bits per heavy atom. The first-order chi connectivity index (χ1) is 16.6. The fourth-order valence-electron chi connectivity index (χ4n) is 4.26. The van der Waals surface area contributed by atoms with Crippen molar-refractivity contribution < 1.29 is 23.1 Å². The summed E-state index contributed by atoms with van der Waals surface area (Å²) < 4.78 is 38.9. The molecule has 5 nitrogen and oxygen atoms in total. The lowest BCUT2D eigenvalue weighted by Crippen LogP contribution is -2.48. The molecular weight excluding hydrogens is 455 g/mol. The van der Waals surface area contributed by atoms with Gasteiger partial charge in [-0.15, -0.1) is 13.2 Å². The zero-order valence-electron chi connectivity index (χ0n) is 19.7.